The van der Waals surface area contributed by atoms with Crippen molar-refractivity contribution in [1.82, 2.24) is 10.3 Å². The molecule has 0 aliphatic heterocycles. The van der Waals surface area contributed by atoms with Crippen molar-refractivity contribution in [1.29, 1.82) is 0 Å². The van der Waals surface area contributed by atoms with Gasteiger partial charge in [-0.05, 0) is 19.1 Å². The number of rotatable bonds is 1. The van der Waals surface area contributed by atoms with Gasteiger partial charge in [-0.2, -0.15) is 0 Å². The van der Waals surface area contributed by atoms with Crippen molar-refractivity contribution >= 4 is 11.7 Å². The Morgan fingerprint density at radius 2 is 2.33 bits per heavy atom. The van der Waals surface area contributed by atoms with E-state index in [0.29, 0.717) is 12.4 Å². The molecule has 0 saturated heterocycles. The highest BCUT2D eigenvalue weighted by atomic mass is 16.1. The number of nitrogens with two attached hydrogens (primary N) is 1. The summed E-state index contributed by atoms with van der Waals surface area (Å²) in [6, 6.07) is 3.52. The van der Waals surface area contributed by atoms with Crippen LogP contribution in [0.15, 0.2) is 12.1 Å². The number of nitrogens with zero attached hydrogens (tertiary/aromatic N) is 1. The van der Waals surface area contributed by atoms with Crippen LogP contribution in [0.2, 0.25) is 0 Å². The first-order valence-corrected chi connectivity index (χ1v) is 4.56. The average molecular weight is 203 g/mol. The number of aromatic nitrogens is 1. The van der Waals surface area contributed by atoms with Gasteiger partial charge < -0.3 is 11.1 Å². The Hall–Kier alpha value is -2.02. The van der Waals surface area contributed by atoms with Crippen molar-refractivity contribution in [2.75, 3.05) is 12.3 Å². The smallest absolute Gasteiger partial charge is 0.217 e. The molecule has 0 unspecified atom stereocenters. The van der Waals surface area contributed by atoms with Gasteiger partial charge in [0.05, 0.1) is 12.2 Å². The maximum atomic E-state index is 10.6. The highest BCUT2D eigenvalue weighted by molar-refractivity contribution is 5.73. The Labute approximate surface area is 88.9 Å². The number of carbonyl (C=O) groups is 1. The molecule has 1 aromatic rings. The van der Waals surface area contributed by atoms with Gasteiger partial charge in [-0.25, -0.2) is 4.98 Å². The van der Waals surface area contributed by atoms with E-state index in [1.807, 2.05) is 13.0 Å². The highest BCUT2D eigenvalue weighted by Crippen LogP contribution is 2.05. The molecule has 0 atom stereocenters. The molecule has 4 nitrogen and oxygen atoms in total. The summed E-state index contributed by atoms with van der Waals surface area (Å²) in [7, 11) is 0. The fourth-order valence-corrected chi connectivity index (χ4v) is 1.02. The molecule has 1 heterocycles. The third-order valence-corrected chi connectivity index (χ3v) is 1.76. The zero-order chi connectivity index (χ0) is 11.3. The molecule has 1 aromatic heterocycles. The van der Waals surface area contributed by atoms with Crippen LogP contribution >= 0.6 is 0 Å². The van der Waals surface area contributed by atoms with E-state index in [2.05, 4.69) is 22.1 Å². The number of hydrogen-bond acceptors (Lipinski definition) is 3. The Balaban J connectivity index is 2.67. The maximum absolute atomic E-state index is 10.6. The van der Waals surface area contributed by atoms with Crippen molar-refractivity contribution in [3.8, 4) is 11.8 Å². The summed E-state index contributed by atoms with van der Waals surface area (Å²) in [5, 5.41) is 2.59. The van der Waals surface area contributed by atoms with Crippen molar-refractivity contribution in [3.05, 3.63) is 23.4 Å². The molecule has 0 saturated carbocycles. The summed E-state index contributed by atoms with van der Waals surface area (Å²) in [5.74, 6) is 6.14. The van der Waals surface area contributed by atoms with E-state index < -0.39 is 0 Å². The molecule has 0 aromatic carbocycles. The van der Waals surface area contributed by atoms with Gasteiger partial charge in [0.2, 0.25) is 5.91 Å². The third kappa shape index (κ3) is 3.69. The average Bonchev–Trinajstić information content (AvgIpc) is 2.14. The number of aryl methyl sites for hydroxylation is 1. The van der Waals surface area contributed by atoms with Gasteiger partial charge in [-0.15, -0.1) is 0 Å². The number of anilines is 1. The number of carbonyl (C=O) groups excluding carboxylic acids is 1. The van der Waals surface area contributed by atoms with Crippen molar-refractivity contribution in [2.24, 2.45) is 0 Å². The van der Waals surface area contributed by atoms with Crippen LogP contribution in [0.4, 0.5) is 5.82 Å². The summed E-state index contributed by atoms with van der Waals surface area (Å²) in [5.41, 5.74) is 7.13. The lowest BCUT2D eigenvalue weighted by Crippen LogP contribution is -2.19. The molecule has 1 amide bonds. The second-order valence-electron chi connectivity index (χ2n) is 3.08. The van der Waals surface area contributed by atoms with Crippen molar-refractivity contribution < 1.29 is 4.79 Å². The summed E-state index contributed by atoms with van der Waals surface area (Å²) >= 11 is 0. The topological polar surface area (TPSA) is 68.0 Å². The largest absolute Gasteiger partial charge is 0.384 e. The molecule has 0 bridgehead atoms. The summed E-state index contributed by atoms with van der Waals surface area (Å²) < 4.78 is 0. The minimum absolute atomic E-state index is 0.0866. The quantitative estimate of drug-likeness (QED) is 0.651. The van der Waals surface area contributed by atoms with Crippen LogP contribution in [-0.2, 0) is 4.79 Å². The second-order valence-corrected chi connectivity index (χ2v) is 3.08. The lowest BCUT2D eigenvalue weighted by Gasteiger charge is -1.98. The minimum Gasteiger partial charge on any atom is -0.384 e. The number of pyridine rings is 1. The maximum Gasteiger partial charge on any atom is 0.217 e. The van der Waals surface area contributed by atoms with Crippen molar-refractivity contribution in [3.63, 3.8) is 0 Å². The fraction of sp³-hybridized carbons (Fsp3) is 0.273. The molecular weight excluding hydrogens is 190 g/mol. The van der Waals surface area contributed by atoms with E-state index in [9.17, 15) is 4.79 Å². The Morgan fingerprint density at radius 1 is 1.60 bits per heavy atom. The predicted molar refractivity (Wildman–Crippen MR) is 58.9 cm³/mol. The zero-order valence-electron chi connectivity index (χ0n) is 8.79. The van der Waals surface area contributed by atoms with Crippen molar-refractivity contribution in [2.45, 2.75) is 13.8 Å². The molecule has 0 aliphatic carbocycles. The Kier molecular flexibility index (Phi) is 3.69. The van der Waals surface area contributed by atoms with Crippen LogP contribution in [-0.4, -0.2) is 17.4 Å². The number of nitrogens with one attached hydrogen (secondary N) is 1. The summed E-state index contributed by atoms with van der Waals surface area (Å²) in [6.07, 6.45) is 0. The normalized spacial score (nSPS) is 8.93. The molecule has 4 heteroatoms. The first kappa shape index (κ1) is 11.1. The van der Waals surface area contributed by atoms with Crippen LogP contribution in [0.5, 0.6) is 0 Å². The van der Waals surface area contributed by atoms with E-state index in [1.54, 1.807) is 6.07 Å². The standard InChI is InChI=1S/C11H13N3O/c1-8-10(5-6-11(12)14-8)4-3-7-13-9(2)15/h5-6H,7H2,1-2H3,(H2,12,14)(H,13,15). The summed E-state index contributed by atoms with van der Waals surface area (Å²) in [6.45, 7) is 3.65. The van der Waals surface area contributed by atoms with E-state index >= 15 is 0 Å². The zero-order valence-corrected chi connectivity index (χ0v) is 8.79. The van der Waals surface area contributed by atoms with Crippen LogP contribution in [0.25, 0.3) is 0 Å². The lowest BCUT2D eigenvalue weighted by atomic mass is 10.2. The monoisotopic (exact) mass is 203 g/mol. The van der Waals surface area contributed by atoms with E-state index in [4.69, 9.17) is 5.73 Å². The summed E-state index contributed by atoms with van der Waals surface area (Å²) in [4.78, 5) is 14.6. The van der Waals surface area contributed by atoms with Crippen LogP contribution in [0.3, 0.4) is 0 Å². The molecule has 0 fully saturated rings. The molecule has 0 aliphatic rings. The van der Waals surface area contributed by atoms with Crippen LogP contribution < -0.4 is 11.1 Å². The van der Waals surface area contributed by atoms with Crippen LogP contribution in [0, 0.1) is 18.8 Å². The molecule has 3 N–H and O–H groups in total. The van der Waals surface area contributed by atoms with Gasteiger partial charge in [-0.3, -0.25) is 4.79 Å². The van der Waals surface area contributed by atoms with E-state index in [0.717, 1.165) is 11.3 Å². The fourth-order valence-electron chi connectivity index (χ4n) is 1.02. The molecular formula is C11H13N3O. The molecule has 1 rings (SSSR count). The number of hydrogen-bond donors (Lipinski definition) is 2. The second kappa shape index (κ2) is 5.01. The molecule has 78 valence electrons. The predicted octanol–water partition coefficient (Wildman–Crippen LogP) is 0.460. The minimum atomic E-state index is -0.0866. The van der Waals surface area contributed by atoms with E-state index in [-0.39, 0.29) is 5.91 Å². The van der Waals surface area contributed by atoms with Gasteiger partial charge in [0, 0.05) is 12.5 Å². The van der Waals surface area contributed by atoms with Crippen LogP contribution in [0.1, 0.15) is 18.2 Å². The molecule has 0 radical (unpaired) electrons. The SMILES string of the molecule is CC(=O)NCC#Cc1ccc(N)nc1C. The number of nitrogen functional groups attached to an aromatic ring is 1. The van der Waals surface area contributed by atoms with Gasteiger partial charge in [0.25, 0.3) is 0 Å². The third-order valence-electron chi connectivity index (χ3n) is 1.76. The first-order valence-electron chi connectivity index (χ1n) is 4.56. The van der Waals surface area contributed by atoms with Gasteiger partial charge in [-0.1, -0.05) is 11.8 Å². The van der Waals surface area contributed by atoms with E-state index in [1.165, 1.54) is 6.92 Å². The molecule has 15 heavy (non-hydrogen) atoms. The Morgan fingerprint density at radius 3 is 2.93 bits per heavy atom. The highest BCUT2D eigenvalue weighted by Gasteiger charge is 1.95. The number of amides is 1. The van der Waals surface area contributed by atoms with Gasteiger partial charge >= 0.3 is 0 Å². The van der Waals surface area contributed by atoms with Gasteiger partial charge in [0.15, 0.2) is 0 Å². The van der Waals surface area contributed by atoms with Gasteiger partial charge in [0.1, 0.15) is 5.82 Å². The Bertz CT molecular complexity index is 429. The lowest BCUT2D eigenvalue weighted by molar-refractivity contribution is -0.118. The molecule has 0 spiro atoms. The first-order chi connectivity index (χ1) is 7.09.